The summed E-state index contributed by atoms with van der Waals surface area (Å²) < 4.78 is 4.69. The van der Waals surface area contributed by atoms with Gasteiger partial charge in [-0.15, -0.1) is 0 Å². The van der Waals surface area contributed by atoms with Gasteiger partial charge in [-0.25, -0.2) is 0 Å². The maximum Gasteiger partial charge on any atom is 0.0992 e. The minimum atomic E-state index is 0.924. The maximum absolute atomic E-state index is 4.12. The molecule has 2 rings (SSSR count). The molecule has 0 saturated heterocycles. The van der Waals surface area contributed by atoms with Gasteiger partial charge in [0.2, 0.25) is 0 Å². The van der Waals surface area contributed by atoms with Crippen molar-refractivity contribution >= 4 is 72.0 Å². The van der Waals surface area contributed by atoms with E-state index in [0.29, 0.717) is 0 Å². The summed E-state index contributed by atoms with van der Waals surface area (Å²) in [6.45, 7) is 7.17. The van der Waals surface area contributed by atoms with E-state index < -0.39 is 0 Å². The van der Waals surface area contributed by atoms with Crippen LogP contribution >= 0.6 is 59.8 Å². The SMILES string of the molecule is C=Cc1cc(I)n(C)n1.C=Cc1ccn(C)n1.II. The zero-order valence-electron chi connectivity index (χ0n) is 10.7. The molecule has 0 aliphatic heterocycles. The van der Waals surface area contributed by atoms with Crippen LogP contribution < -0.4 is 0 Å². The lowest BCUT2D eigenvalue weighted by molar-refractivity contribution is 0.745. The van der Waals surface area contributed by atoms with Crippen LogP contribution in [-0.4, -0.2) is 19.6 Å². The van der Waals surface area contributed by atoms with Crippen LogP contribution in [0.3, 0.4) is 0 Å². The predicted molar refractivity (Wildman–Crippen MR) is 107 cm³/mol. The second-order valence-electron chi connectivity index (χ2n) is 3.34. The molecule has 0 amide bonds. The first-order valence-corrected chi connectivity index (χ1v) is 12.5. The van der Waals surface area contributed by atoms with E-state index in [4.69, 9.17) is 0 Å². The Morgan fingerprint density at radius 2 is 1.68 bits per heavy atom. The molecular formula is C12H15I3N4. The molecule has 0 N–H and O–H groups in total. The average Bonchev–Trinajstić information content (AvgIpc) is 2.99. The van der Waals surface area contributed by atoms with E-state index in [1.807, 2.05) is 37.1 Å². The smallest absolute Gasteiger partial charge is 0.0992 e. The summed E-state index contributed by atoms with van der Waals surface area (Å²) in [6.07, 6.45) is 5.35. The second-order valence-corrected chi connectivity index (χ2v) is 4.44. The van der Waals surface area contributed by atoms with Gasteiger partial charge < -0.3 is 0 Å². The summed E-state index contributed by atoms with van der Waals surface area (Å²) in [5, 5.41) is 8.15. The van der Waals surface area contributed by atoms with E-state index in [2.05, 4.69) is 83.2 Å². The molecule has 104 valence electrons. The van der Waals surface area contributed by atoms with Gasteiger partial charge in [-0.2, -0.15) is 10.2 Å². The van der Waals surface area contributed by atoms with E-state index in [9.17, 15) is 0 Å². The van der Waals surface area contributed by atoms with Gasteiger partial charge in [-0.05, 0) is 46.9 Å². The van der Waals surface area contributed by atoms with E-state index in [1.54, 1.807) is 16.8 Å². The third-order valence-electron chi connectivity index (χ3n) is 1.99. The van der Waals surface area contributed by atoms with Gasteiger partial charge in [0.05, 0.1) is 15.1 Å². The van der Waals surface area contributed by atoms with Crippen LogP contribution in [0.25, 0.3) is 12.2 Å². The zero-order chi connectivity index (χ0) is 14.8. The Kier molecular flexibility index (Phi) is 10.9. The third kappa shape index (κ3) is 7.44. The summed E-state index contributed by atoms with van der Waals surface area (Å²) in [4.78, 5) is 0. The second kappa shape index (κ2) is 10.8. The maximum atomic E-state index is 4.12. The van der Waals surface area contributed by atoms with Crippen molar-refractivity contribution in [2.75, 3.05) is 0 Å². The number of nitrogens with zero attached hydrogens (tertiary/aromatic N) is 4. The molecule has 0 unspecified atom stereocenters. The highest BCUT2D eigenvalue weighted by molar-refractivity contribution is 15.0. The van der Waals surface area contributed by atoms with Crippen LogP contribution in [0.2, 0.25) is 0 Å². The van der Waals surface area contributed by atoms with Gasteiger partial charge in [0.1, 0.15) is 0 Å². The van der Waals surface area contributed by atoms with Crippen LogP contribution in [0.4, 0.5) is 0 Å². The van der Waals surface area contributed by atoms with Crippen molar-refractivity contribution in [1.29, 1.82) is 0 Å². The fourth-order valence-corrected chi connectivity index (χ4v) is 1.53. The number of aryl methyl sites for hydroxylation is 2. The Morgan fingerprint density at radius 3 is 1.89 bits per heavy atom. The highest BCUT2D eigenvalue weighted by Gasteiger charge is 1.95. The molecule has 0 aliphatic carbocycles. The van der Waals surface area contributed by atoms with Crippen LogP contribution in [0.5, 0.6) is 0 Å². The molecule has 2 aromatic heterocycles. The molecule has 2 aromatic rings. The molecule has 19 heavy (non-hydrogen) atoms. The zero-order valence-corrected chi connectivity index (χ0v) is 17.2. The van der Waals surface area contributed by atoms with Crippen LogP contribution in [0, 0.1) is 3.70 Å². The van der Waals surface area contributed by atoms with Crippen molar-refractivity contribution in [2.45, 2.75) is 0 Å². The molecule has 0 fully saturated rings. The monoisotopic (exact) mass is 596 g/mol. The number of aromatic nitrogens is 4. The van der Waals surface area contributed by atoms with Crippen LogP contribution in [0.1, 0.15) is 11.4 Å². The summed E-state index contributed by atoms with van der Waals surface area (Å²) in [6, 6.07) is 3.89. The van der Waals surface area contributed by atoms with Gasteiger partial charge in [-0.3, -0.25) is 9.36 Å². The first-order chi connectivity index (χ1) is 9.06. The van der Waals surface area contributed by atoms with Gasteiger partial charge in [0.15, 0.2) is 0 Å². The van der Waals surface area contributed by atoms with Crippen molar-refractivity contribution in [3.8, 4) is 0 Å². The number of hydrogen-bond donors (Lipinski definition) is 0. The van der Waals surface area contributed by atoms with Crippen LogP contribution in [0.15, 0.2) is 31.5 Å². The van der Waals surface area contributed by atoms with Gasteiger partial charge in [0, 0.05) is 57.5 Å². The molecule has 0 atom stereocenters. The lowest BCUT2D eigenvalue weighted by Crippen LogP contribution is -1.91. The van der Waals surface area contributed by atoms with Crippen molar-refractivity contribution in [2.24, 2.45) is 14.1 Å². The Hall–Kier alpha value is 0.0900. The molecule has 0 bridgehead atoms. The highest BCUT2D eigenvalue weighted by Crippen LogP contribution is 2.05. The lowest BCUT2D eigenvalue weighted by atomic mass is 10.4. The average molecular weight is 596 g/mol. The summed E-state index contributed by atoms with van der Waals surface area (Å²) in [5.74, 6) is 0. The minimum Gasteiger partial charge on any atom is -0.275 e. The molecule has 0 spiro atoms. The number of rotatable bonds is 2. The lowest BCUT2D eigenvalue weighted by Gasteiger charge is -1.85. The van der Waals surface area contributed by atoms with Crippen molar-refractivity contribution < 1.29 is 0 Å². The quantitative estimate of drug-likeness (QED) is 0.480. The molecule has 0 aromatic carbocycles. The van der Waals surface area contributed by atoms with E-state index in [1.165, 1.54) is 0 Å². The predicted octanol–water partition coefficient (Wildman–Crippen LogP) is 4.50. The Morgan fingerprint density at radius 1 is 1.11 bits per heavy atom. The van der Waals surface area contributed by atoms with E-state index in [0.717, 1.165) is 15.1 Å². The van der Waals surface area contributed by atoms with Gasteiger partial charge in [-0.1, -0.05) is 13.2 Å². The normalized spacial score (nSPS) is 8.68. The Labute approximate surface area is 150 Å². The first kappa shape index (κ1) is 19.1. The molecule has 2 heterocycles. The molecule has 4 nitrogen and oxygen atoms in total. The molecular weight excluding hydrogens is 581 g/mol. The molecule has 7 heteroatoms. The van der Waals surface area contributed by atoms with Crippen molar-refractivity contribution in [3.05, 3.63) is 46.6 Å². The Bertz CT molecular complexity index is 497. The molecule has 0 aliphatic rings. The summed E-state index contributed by atoms with van der Waals surface area (Å²) >= 11 is 6.46. The Balaban J connectivity index is 0.000000303. The summed E-state index contributed by atoms with van der Waals surface area (Å²) in [5.41, 5.74) is 1.86. The van der Waals surface area contributed by atoms with Crippen molar-refractivity contribution in [3.63, 3.8) is 0 Å². The van der Waals surface area contributed by atoms with Gasteiger partial charge >= 0.3 is 0 Å². The van der Waals surface area contributed by atoms with E-state index in [-0.39, 0.29) is 0 Å². The van der Waals surface area contributed by atoms with Gasteiger partial charge in [0.25, 0.3) is 0 Å². The fourth-order valence-electron chi connectivity index (χ4n) is 1.11. The largest absolute Gasteiger partial charge is 0.275 e. The molecule has 0 radical (unpaired) electrons. The van der Waals surface area contributed by atoms with E-state index >= 15 is 0 Å². The highest BCUT2D eigenvalue weighted by atomic mass is 128. The first-order valence-electron chi connectivity index (χ1n) is 5.15. The van der Waals surface area contributed by atoms with Crippen molar-refractivity contribution in [1.82, 2.24) is 19.6 Å². The molecule has 0 saturated carbocycles. The van der Waals surface area contributed by atoms with Crippen LogP contribution in [-0.2, 0) is 14.1 Å². The topological polar surface area (TPSA) is 35.6 Å². The number of hydrogen-bond acceptors (Lipinski definition) is 2. The minimum absolute atomic E-state index is 0.924. The third-order valence-corrected chi connectivity index (χ3v) is 3.00. The fraction of sp³-hybridized carbons (Fsp3) is 0.167. The number of halogens is 3. The standard InChI is InChI=1S/C6H7IN2.C6H8N2.I2/c1-3-5-4-6(7)9(2)8-5;1-3-6-4-5-8(2)7-6;1-2/h3-4H,1H2,2H3;3-5H,1H2,2H3;. The summed E-state index contributed by atoms with van der Waals surface area (Å²) in [7, 11) is 3.79.